The van der Waals surface area contributed by atoms with Gasteiger partial charge in [-0.15, -0.1) is 11.8 Å². The molecule has 1 aliphatic carbocycles. The van der Waals surface area contributed by atoms with Gasteiger partial charge in [-0.2, -0.15) is 0 Å². The zero-order chi connectivity index (χ0) is 14.5. The van der Waals surface area contributed by atoms with Crippen molar-refractivity contribution in [1.82, 2.24) is 0 Å². The average molecular weight is 293 g/mol. The number of hydrogen-bond donors (Lipinski definition) is 2. The van der Waals surface area contributed by atoms with Crippen molar-refractivity contribution in [2.24, 2.45) is 11.8 Å². The first-order valence-electron chi connectivity index (χ1n) is 6.80. The lowest BCUT2D eigenvalue weighted by Crippen LogP contribution is -2.36. The lowest BCUT2D eigenvalue weighted by molar-refractivity contribution is -0.147. The number of carboxylic acids is 1. The van der Waals surface area contributed by atoms with Crippen LogP contribution >= 0.6 is 11.8 Å². The largest absolute Gasteiger partial charge is 0.481 e. The predicted octanol–water partition coefficient (Wildman–Crippen LogP) is 3.24. The Morgan fingerprint density at radius 3 is 2.50 bits per heavy atom. The molecule has 4 nitrogen and oxygen atoms in total. The summed E-state index contributed by atoms with van der Waals surface area (Å²) < 4.78 is 0. The highest BCUT2D eigenvalue weighted by atomic mass is 32.2. The molecule has 0 saturated heterocycles. The molecule has 108 valence electrons. The maximum absolute atomic E-state index is 12.4. The Bertz CT molecular complexity index is 504. The van der Waals surface area contributed by atoms with E-state index >= 15 is 0 Å². The van der Waals surface area contributed by atoms with Crippen molar-refractivity contribution in [2.45, 2.75) is 30.6 Å². The van der Waals surface area contributed by atoms with Crippen LogP contribution in [0.1, 0.15) is 25.7 Å². The Morgan fingerprint density at radius 1 is 1.20 bits per heavy atom. The maximum Gasteiger partial charge on any atom is 0.307 e. The van der Waals surface area contributed by atoms with Gasteiger partial charge in [0.2, 0.25) is 5.91 Å². The molecule has 0 aliphatic heterocycles. The zero-order valence-electron chi connectivity index (χ0n) is 11.5. The highest BCUT2D eigenvalue weighted by molar-refractivity contribution is 7.98. The van der Waals surface area contributed by atoms with Crippen LogP contribution in [0, 0.1) is 11.8 Å². The van der Waals surface area contributed by atoms with Crippen LogP contribution in [-0.4, -0.2) is 23.2 Å². The van der Waals surface area contributed by atoms with E-state index in [1.807, 2.05) is 30.5 Å². The van der Waals surface area contributed by atoms with Crippen LogP contribution in [-0.2, 0) is 9.59 Å². The van der Waals surface area contributed by atoms with Crippen LogP contribution in [0.2, 0.25) is 0 Å². The van der Waals surface area contributed by atoms with Gasteiger partial charge in [-0.3, -0.25) is 9.59 Å². The Hall–Kier alpha value is -1.49. The van der Waals surface area contributed by atoms with Crippen molar-refractivity contribution in [3.05, 3.63) is 24.3 Å². The molecule has 1 aliphatic rings. The average Bonchev–Trinajstić information content (AvgIpc) is 2.47. The quantitative estimate of drug-likeness (QED) is 0.836. The molecule has 1 amide bonds. The molecule has 2 N–H and O–H groups in total. The zero-order valence-corrected chi connectivity index (χ0v) is 12.3. The number of amides is 1. The first-order valence-corrected chi connectivity index (χ1v) is 8.02. The number of aliphatic carboxylic acids is 1. The Kier molecular flexibility index (Phi) is 5.06. The van der Waals surface area contributed by atoms with Crippen molar-refractivity contribution in [2.75, 3.05) is 11.6 Å². The lowest BCUT2D eigenvalue weighted by Gasteiger charge is -2.27. The standard InChI is InChI=1S/C15H19NO3S/c1-20-13-9-5-4-8-12(13)16-14(17)10-6-2-3-7-11(10)15(18)19/h4-5,8-11H,2-3,6-7H2,1H3,(H,16,17)(H,18,19)/t10-,11-/m1/s1. The summed E-state index contributed by atoms with van der Waals surface area (Å²) in [6.45, 7) is 0. The van der Waals surface area contributed by atoms with Gasteiger partial charge < -0.3 is 10.4 Å². The first kappa shape index (κ1) is 14.9. The Balaban J connectivity index is 2.12. The topological polar surface area (TPSA) is 66.4 Å². The second kappa shape index (κ2) is 6.79. The molecule has 2 atom stereocenters. The van der Waals surface area contributed by atoms with Crippen molar-refractivity contribution in [3.63, 3.8) is 0 Å². The van der Waals surface area contributed by atoms with Gasteiger partial charge in [0.25, 0.3) is 0 Å². The Labute approximate surface area is 123 Å². The van der Waals surface area contributed by atoms with E-state index in [2.05, 4.69) is 5.32 Å². The molecule has 0 spiro atoms. The summed E-state index contributed by atoms with van der Waals surface area (Å²) in [5, 5.41) is 12.1. The number of nitrogens with one attached hydrogen (secondary N) is 1. The normalized spacial score (nSPS) is 22.2. The molecule has 0 heterocycles. The number of hydrogen-bond acceptors (Lipinski definition) is 3. The maximum atomic E-state index is 12.4. The molecule has 2 rings (SSSR count). The highest BCUT2D eigenvalue weighted by Crippen LogP contribution is 2.32. The van der Waals surface area contributed by atoms with Crippen LogP contribution in [0.15, 0.2) is 29.2 Å². The van der Waals surface area contributed by atoms with Crippen LogP contribution in [0.3, 0.4) is 0 Å². The summed E-state index contributed by atoms with van der Waals surface area (Å²) in [7, 11) is 0. The third kappa shape index (κ3) is 3.33. The van der Waals surface area contributed by atoms with Crippen LogP contribution in [0.25, 0.3) is 0 Å². The molecule has 0 bridgehead atoms. The fraction of sp³-hybridized carbons (Fsp3) is 0.467. The monoisotopic (exact) mass is 293 g/mol. The molecule has 5 heteroatoms. The predicted molar refractivity (Wildman–Crippen MR) is 79.9 cm³/mol. The molecule has 1 aromatic rings. The third-order valence-corrected chi connectivity index (χ3v) is 4.58. The summed E-state index contributed by atoms with van der Waals surface area (Å²) in [5.74, 6) is -2.00. The van der Waals surface area contributed by atoms with E-state index in [1.54, 1.807) is 11.8 Å². The van der Waals surface area contributed by atoms with E-state index < -0.39 is 17.8 Å². The molecule has 0 radical (unpaired) electrons. The van der Waals surface area contributed by atoms with Gasteiger partial charge in [0, 0.05) is 4.90 Å². The molecule has 1 fully saturated rings. The minimum absolute atomic E-state index is 0.168. The molecule has 1 aromatic carbocycles. The second-order valence-corrected chi connectivity index (χ2v) is 5.87. The summed E-state index contributed by atoms with van der Waals surface area (Å²) in [5.41, 5.74) is 0.764. The lowest BCUT2D eigenvalue weighted by atomic mass is 9.78. The smallest absolute Gasteiger partial charge is 0.307 e. The number of carbonyl (C=O) groups is 2. The molecule has 0 aromatic heterocycles. The van der Waals surface area contributed by atoms with E-state index in [0.717, 1.165) is 23.4 Å². The van der Waals surface area contributed by atoms with Crippen molar-refractivity contribution in [1.29, 1.82) is 0 Å². The van der Waals surface area contributed by atoms with Gasteiger partial charge in [-0.05, 0) is 31.2 Å². The molecule has 20 heavy (non-hydrogen) atoms. The van der Waals surface area contributed by atoms with Crippen LogP contribution in [0.5, 0.6) is 0 Å². The van der Waals surface area contributed by atoms with E-state index in [4.69, 9.17) is 0 Å². The number of anilines is 1. The minimum atomic E-state index is -0.858. The fourth-order valence-corrected chi connectivity index (χ4v) is 3.27. The number of benzene rings is 1. The van der Waals surface area contributed by atoms with Gasteiger partial charge in [0.1, 0.15) is 0 Å². The summed E-state index contributed by atoms with van der Waals surface area (Å²) in [6, 6.07) is 7.57. The number of rotatable bonds is 4. The minimum Gasteiger partial charge on any atom is -0.481 e. The molecular formula is C15H19NO3S. The molecular weight excluding hydrogens is 274 g/mol. The number of para-hydroxylation sites is 1. The van der Waals surface area contributed by atoms with E-state index in [0.29, 0.717) is 12.8 Å². The number of carboxylic acid groups (broad SMARTS) is 1. The van der Waals surface area contributed by atoms with Crippen LogP contribution < -0.4 is 5.32 Å². The van der Waals surface area contributed by atoms with Gasteiger partial charge in [0.15, 0.2) is 0 Å². The van der Waals surface area contributed by atoms with Crippen molar-refractivity contribution in [3.8, 4) is 0 Å². The fourth-order valence-electron chi connectivity index (χ4n) is 2.71. The number of thioether (sulfide) groups is 1. The van der Waals surface area contributed by atoms with E-state index in [9.17, 15) is 14.7 Å². The van der Waals surface area contributed by atoms with Gasteiger partial charge in [-0.1, -0.05) is 25.0 Å². The Morgan fingerprint density at radius 2 is 1.85 bits per heavy atom. The number of carbonyl (C=O) groups excluding carboxylic acids is 1. The van der Waals surface area contributed by atoms with Gasteiger partial charge in [0.05, 0.1) is 17.5 Å². The summed E-state index contributed by atoms with van der Waals surface area (Å²) >= 11 is 1.56. The van der Waals surface area contributed by atoms with E-state index in [-0.39, 0.29) is 5.91 Å². The summed E-state index contributed by atoms with van der Waals surface area (Å²) in [6.07, 6.45) is 5.02. The van der Waals surface area contributed by atoms with Crippen LogP contribution in [0.4, 0.5) is 5.69 Å². The van der Waals surface area contributed by atoms with Crippen molar-refractivity contribution < 1.29 is 14.7 Å². The SMILES string of the molecule is CSc1ccccc1NC(=O)[C@@H]1CCCC[C@H]1C(=O)O. The highest BCUT2D eigenvalue weighted by Gasteiger charge is 2.35. The van der Waals surface area contributed by atoms with Gasteiger partial charge >= 0.3 is 5.97 Å². The van der Waals surface area contributed by atoms with Crippen molar-refractivity contribution >= 4 is 29.3 Å². The summed E-state index contributed by atoms with van der Waals surface area (Å²) in [4.78, 5) is 24.6. The van der Waals surface area contributed by atoms with E-state index in [1.165, 1.54) is 0 Å². The molecule has 0 unspecified atom stereocenters. The third-order valence-electron chi connectivity index (χ3n) is 3.78. The second-order valence-electron chi connectivity index (χ2n) is 5.03. The first-order chi connectivity index (χ1) is 9.63. The van der Waals surface area contributed by atoms with Gasteiger partial charge in [-0.25, -0.2) is 0 Å². The molecule has 1 saturated carbocycles.